The van der Waals surface area contributed by atoms with Gasteiger partial charge in [0.1, 0.15) is 6.61 Å². The Morgan fingerprint density at radius 1 is 1.43 bits per heavy atom. The molecule has 1 aromatic rings. The Hall–Kier alpha value is -0.730. The van der Waals surface area contributed by atoms with Gasteiger partial charge in [-0.05, 0) is 19.9 Å². The van der Waals surface area contributed by atoms with Crippen molar-refractivity contribution < 1.29 is 22.3 Å². The van der Waals surface area contributed by atoms with Gasteiger partial charge in [0, 0.05) is 17.8 Å². The van der Waals surface area contributed by atoms with Gasteiger partial charge < -0.3 is 10.1 Å². The predicted octanol–water partition coefficient (Wildman–Crippen LogP) is 3.28. The van der Waals surface area contributed by atoms with Gasteiger partial charge in [-0.3, -0.25) is 0 Å². The monoisotopic (exact) mass is 328 g/mol. The molecular formula is C13H20F4N2OS. The number of rotatable bonds is 10. The molecule has 0 aliphatic heterocycles. The molecule has 0 spiro atoms. The molecule has 0 amide bonds. The summed E-state index contributed by atoms with van der Waals surface area (Å²) in [5.74, 6) is -4.10. The number of aryl methyl sites for hydroxylation is 1. The summed E-state index contributed by atoms with van der Waals surface area (Å²) >= 11 is 1.50. The molecule has 0 aliphatic rings. The molecule has 0 saturated heterocycles. The van der Waals surface area contributed by atoms with Gasteiger partial charge in [0.2, 0.25) is 0 Å². The van der Waals surface area contributed by atoms with E-state index >= 15 is 0 Å². The number of nitrogens with one attached hydrogen (secondary N) is 1. The van der Waals surface area contributed by atoms with Gasteiger partial charge >= 0.3 is 12.3 Å². The van der Waals surface area contributed by atoms with Crippen LogP contribution in [0.5, 0.6) is 0 Å². The third-order valence-corrected chi connectivity index (χ3v) is 3.56. The normalized spacial score (nSPS) is 13.9. The first-order valence-electron chi connectivity index (χ1n) is 6.73. The van der Waals surface area contributed by atoms with Gasteiger partial charge in [0.25, 0.3) is 0 Å². The summed E-state index contributed by atoms with van der Waals surface area (Å²) in [6.07, 6.45) is -2.31. The largest absolute Gasteiger partial charge is 0.373 e. The van der Waals surface area contributed by atoms with Crippen molar-refractivity contribution in [3.63, 3.8) is 0 Å². The third kappa shape index (κ3) is 6.71. The Morgan fingerprint density at radius 3 is 2.67 bits per heavy atom. The summed E-state index contributed by atoms with van der Waals surface area (Å²) < 4.78 is 54.4. The van der Waals surface area contributed by atoms with E-state index in [4.69, 9.17) is 4.74 Å². The minimum atomic E-state index is -4.10. The third-order valence-electron chi connectivity index (χ3n) is 2.74. The van der Waals surface area contributed by atoms with E-state index in [0.717, 1.165) is 17.1 Å². The fourth-order valence-electron chi connectivity index (χ4n) is 1.69. The minimum Gasteiger partial charge on any atom is -0.373 e. The maximum absolute atomic E-state index is 12.8. The van der Waals surface area contributed by atoms with Gasteiger partial charge in [0.05, 0.1) is 17.3 Å². The summed E-state index contributed by atoms with van der Waals surface area (Å²) in [6, 6.07) is -0.222. The average Bonchev–Trinajstić information content (AvgIpc) is 2.80. The van der Waals surface area contributed by atoms with Crippen molar-refractivity contribution in [1.29, 1.82) is 0 Å². The maximum Gasteiger partial charge on any atom is 0.330 e. The molecule has 3 nitrogen and oxygen atoms in total. The first-order chi connectivity index (χ1) is 9.85. The van der Waals surface area contributed by atoms with Crippen LogP contribution in [0.3, 0.4) is 0 Å². The molecule has 1 unspecified atom stereocenters. The van der Waals surface area contributed by atoms with Crippen LogP contribution in [0.25, 0.3) is 0 Å². The lowest BCUT2D eigenvalue weighted by Crippen LogP contribution is -2.39. The first kappa shape index (κ1) is 18.3. The Kier molecular flexibility index (Phi) is 7.55. The first-order valence-corrected chi connectivity index (χ1v) is 7.61. The Balaban J connectivity index is 2.46. The van der Waals surface area contributed by atoms with Crippen molar-refractivity contribution in [2.45, 2.75) is 45.1 Å². The molecular weight excluding hydrogens is 308 g/mol. The highest BCUT2D eigenvalue weighted by molar-refractivity contribution is 7.09. The molecule has 21 heavy (non-hydrogen) atoms. The summed E-state index contributed by atoms with van der Waals surface area (Å²) in [5, 5.41) is 5.96. The van der Waals surface area contributed by atoms with Crippen LogP contribution in [0.2, 0.25) is 0 Å². The number of nitrogens with zero attached hydrogens (tertiary/aromatic N) is 1. The minimum absolute atomic E-state index is 0.0567. The van der Waals surface area contributed by atoms with Crippen LogP contribution in [0.4, 0.5) is 17.6 Å². The molecule has 1 aromatic heterocycles. The number of ether oxygens (including phenoxy) is 1. The second kappa shape index (κ2) is 8.65. The fraction of sp³-hybridized carbons (Fsp3) is 0.769. The number of aromatic nitrogens is 1. The van der Waals surface area contributed by atoms with Crippen molar-refractivity contribution >= 4 is 11.3 Å². The molecule has 1 rings (SSSR count). The molecule has 1 atom stereocenters. The highest BCUT2D eigenvalue weighted by Crippen LogP contribution is 2.23. The van der Waals surface area contributed by atoms with Crippen molar-refractivity contribution in [2.75, 3.05) is 19.8 Å². The highest BCUT2D eigenvalue weighted by atomic mass is 32.1. The Bertz CT molecular complexity index is 415. The predicted molar refractivity (Wildman–Crippen MR) is 74.4 cm³/mol. The molecule has 1 N–H and O–H groups in total. The van der Waals surface area contributed by atoms with Crippen molar-refractivity contribution in [3.05, 3.63) is 16.1 Å². The highest BCUT2D eigenvalue weighted by Gasteiger charge is 2.41. The van der Waals surface area contributed by atoms with Crippen LogP contribution in [0.1, 0.15) is 24.0 Å². The van der Waals surface area contributed by atoms with Gasteiger partial charge in [-0.2, -0.15) is 8.78 Å². The summed E-state index contributed by atoms with van der Waals surface area (Å²) in [5.41, 5.74) is 0.843. The van der Waals surface area contributed by atoms with E-state index in [1.807, 2.05) is 19.2 Å². The second-order valence-corrected chi connectivity index (χ2v) is 5.85. The molecule has 0 saturated carbocycles. The maximum atomic E-state index is 12.8. The van der Waals surface area contributed by atoms with Crippen LogP contribution >= 0.6 is 11.3 Å². The van der Waals surface area contributed by atoms with Gasteiger partial charge in [0.15, 0.2) is 0 Å². The van der Waals surface area contributed by atoms with Crippen LogP contribution in [0, 0.1) is 6.92 Å². The number of halogens is 4. The number of alkyl halides is 4. The van der Waals surface area contributed by atoms with Gasteiger partial charge in [-0.1, -0.05) is 6.92 Å². The van der Waals surface area contributed by atoms with E-state index < -0.39 is 19.0 Å². The van der Waals surface area contributed by atoms with Crippen LogP contribution < -0.4 is 5.32 Å². The molecule has 1 heterocycles. The number of thiazole rings is 1. The molecule has 0 radical (unpaired) electrons. The molecule has 0 aliphatic carbocycles. The Labute approximate surface area is 125 Å². The lowest BCUT2D eigenvalue weighted by atomic mass is 10.2. The van der Waals surface area contributed by atoms with E-state index in [9.17, 15) is 17.6 Å². The Morgan fingerprint density at radius 2 is 2.14 bits per heavy atom. The zero-order valence-corrected chi connectivity index (χ0v) is 12.9. The van der Waals surface area contributed by atoms with E-state index in [-0.39, 0.29) is 12.6 Å². The lowest BCUT2D eigenvalue weighted by Gasteiger charge is -2.20. The molecule has 0 aromatic carbocycles. The van der Waals surface area contributed by atoms with Gasteiger partial charge in [-0.25, -0.2) is 13.8 Å². The fourth-order valence-corrected chi connectivity index (χ4v) is 2.32. The summed E-state index contributed by atoms with van der Waals surface area (Å²) in [7, 11) is 0. The van der Waals surface area contributed by atoms with E-state index in [1.54, 1.807) is 0 Å². The van der Waals surface area contributed by atoms with Gasteiger partial charge in [-0.15, -0.1) is 11.3 Å². The lowest BCUT2D eigenvalue weighted by molar-refractivity contribution is -0.167. The zero-order chi connectivity index (χ0) is 15.9. The average molecular weight is 328 g/mol. The summed E-state index contributed by atoms with van der Waals surface area (Å²) in [4.78, 5) is 4.30. The molecule has 0 fully saturated rings. The van der Waals surface area contributed by atoms with Crippen molar-refractivity contribution in [1.82, 2.24) is 10.3 Å². The standard InChI is InChI=1S/C13H20F4N2OS/c1-3-4-18-10(5-11-7-21-9(2)19-11)6-20-8-13(16,17)12(14)15/h7,10,12,18H,3-6,8H2,1-2H3. The SMILES string of the molecule is CCCNC(COCC(F)(F)C(F)F)Cc1csc(C)n1. The van der Waals surface area contributed by atoms with Crippen molar-refractivity contribution in [2.24, 2.45) is 0 Å². The zero-order valence-electron chi connectivity index (χ0n) is 12.0. The van der Waals surface area contributed by atoms with E-state index in [2.05, 4.69) is 10.3 Å². The number of hydrogen-bond donors (Lipinski definition) is 1. The van der Waals surface area contributed by atoms with Crippen molar-refractivity contribution in [3.8, 4) is 0 Å². The molecule has 0 bridgehead atoms. The quantitative estimate of drug-likeness (QED) is 0.669. The van der Waals surface area contributed by atoms with E-state index in [0.29, 0.717) is 13.0 Å². The van der Waals surface area contributed by atoms with Crippen LogP contribution in [-0.4, -0.2) is 43.1 Å². The molecule has 8 heteroatoms. The summed E-state index contributed by atoms with van der Waals surface area (Å²) in [6.45, 7) is 3.22. The smallest absolute Gasteiger partial charge is 0.330 e. The second-order valence-electron chi connectivity index (χ2n) is 4.79. The molecule has 122 valence electrons. The van der Waals surface area contributed by atoms with Crippen LogP contribution in [-0.2, 0) is 11.2 Å². The van der Waals surface area contributed by atoms with E-state index in [1.165, 1.54) is 11.3 Å². The van der Waals surface area contributed by atoms with Crippen LogP contribution in [0.15, 0.2) is 5.38 Å². The topological polar surface area (TPSA) is 34.1 Å². The number of hydrogen-bond acceptors (Lipinski definition) is 4.